The first kappa shape index (κ1) is 18.4. The van der Waals surface area contributed by atoms with Crippen LogP contribution in [-0.2, 0) is 22.4 Å². The minimum Gasteiger partial charge on any atom is -0.526 e. The van der Waals surface area contributed by atoms with Crippen molar-refractivity contribution in [2.45, 2.75) is 25.7 Å². The summed E-state index contributed by atoms with van der Waals surface area (Å²) in [6, 6.07) is 14.2. The van der Waals surface area contributed by atoms with Crippen molar-refractivity contribution in [1.82, 2.24) is 0 Å². The smallest absolute Gasteiger partial charge is 0.526 e. The maximum absolute atomic E-state index is 10.5. The predicted molar refractivity (Wildman–Crippen MR) is 91.8 cm³/mol. The number of aryl methyl sites for hydroxylation is 2. The van der Waals surface area contributed by atoms with Crippen molar-refractivity contribution in [2.24, 2.45) is 0 Å². The number of hydrogen-bond donors (Lipinski definition) is 2. The zero-order valence-corrected chi connectivity index (χ0v) is 13.6. The molecule has 129 valence electrons. The van der Waals surface area contributed by atoms with Gasteiger partial charge in [0, 0.05) is 12.8 Å². The monoisotopic (exact) mass is 341 g/mol. The Morgan fingerprint density at radius 1 is 0.720 bits per heavy atom. The van der Waals surface area contributed by atoms with Crippen LogP contribution in [0.25, 0.3) is 0 Å². The Kier molecular flexibility index (Phi) is 6.89. The molecule has 0 atom stereocenters. The molecular formula is C18H18BO6. The van der Waals surface area contributed by atoms with E-state index in [9.17, 15) is 9.59 Å². The Morgan fingerprint density at radius 2 is 1.08 bits per heavy atom. The fourth-order valence-electron chi connectivity index (χ4n) is 2.11. The fraction of sp³-hybridized carbons (Fsp3) is 0.222. The third-order valence-corrected chi connectivity index (χ3v) is 3.47. The van der Waals surface area contributed by atoms with E-state index in [1.807, 2.05) is 24.3 Å². The van der Waals surface area contributed by atoms with Crippen LogP contribution in [0.1, 0.15) is 24.0 Å². The second-order valence-electron chi connectivity index (χ2n) is 5.41. The van der Waals surface area contributed by atoms with Crippen LogP contribution in [0.3, 0.4) is 0 Å². The molecule has 0 aliphatic rings. The molecule has 0 aromatic heterocycles. The first-order valence-electron chi connectivity index (χ1n) is 7.79. The summed E-state index contributed by atoms with van der Waals surface area (Å²) in [7, 11) is 1.21. The van der Waals surface area contributed by atoms with E-state index in [1.165, 1.54) is 7.69 Å². The number of hydrogen-bond acceptors (Lipinski definition) is 4. The van der Waals surface area contributed by atoms with Crippen molar-refractivity contribution in [3.8, 4) is 11.5 Å². The second kappa shape index (κ2) is 9.37. The minimum atomic E-state index is -0.823. The van der Waals surface area contributed by atoms with E-state index in [0.29, 0.717) is 24.3 Å². The van der Waals surface area contributed by atoms with Gasteiger partial charge in [0.2, 0.25) is 0 Å². The van der Waals surface area contributed by atoms with Gasteiger partial charge in [-0.15, -0.1) is 0 Å². The summed E-state index contributed by atoms with van der Waals surface area (Å²) in [4.78, 5) is 21.1. The van der Waals surface area contributed by atoms with Crippen LogP contribution in [-0.4, -0.2) is 29.8 Å². The molecule has 0 amide bonds. The molecule has 0 saturated heterocycles. The van der Waals surface area contributed by atoms with Gasteiger partial charge in [-0.3, -0.25) is 9.59 Å². The highest BCUT2D eigenvalue weighted by molar-refractivity contribution is 6.20. The first-order valence-corrected chi connectivity index (χ1v) is 7.79. The quantitative estimate of drug-likeness (QED) is 0.646. The van der Waals surface area contributed by atoms with Crippen LogP contribution < -0.4 is 9.31 Å². The van der Waals surface area contributed by atoms with E-state index in [2.05, 4.69) is 0 Å². The summed E-state index contributed by atoms with van der Waals surface area (Å²) in [6.07, 6.45) is 1.14. The maximum Gasteiger partial charge on any atom is 0.658 e. The van der Waals surface area contributed by atoms with Gasteiger partial charge in [-0.25, -0.2) is 0 Å². The Hall–Kier alpha value is -2.96. The van der Waals surface area contributed by atoms with Gasteiger partial charge in [0.15, 0.2) is 0 Å². The van der Waals surface area contributed by atoms with Gasteiger partial charge in [0.05, 0.1) is 0 Å². The molecule has 0 bridgehead atoms. The Bertz CT molecular complexity index is 635. The van der Waals surface area contributed by atoms with Gasteiger partial charge in [0.25, 0.3) is 0 Å². The normalized spacial score (nSPS) is 10.1. The van der Waals surface area contributed by atoms with Crippen molar-refractivity contribution in [3.63, 3.8) is 0 Å². The van der Waals surface area contributed by atoms with Crippen LogP contribution in [0, 0.1) is 0 Å². The second-order valence-corrected chi connectivity index (χ2v) is 5.41. The third kappa shape index (κ3) is 6.99. The van der Waals surface area contributed by atoms with Crippen molar-refractivity contribution in [2.75, 3.05) is 0 Å². The van der Waals surface area contributed by atoms with E-state index < -0.39 is 11.9 Å². The lowest BCUT2D eigenvalue weighted by Crippen LogP contribution is -2.11. The minimum absolute atomic E-state index is 0.0951. The molecule has 0 saturated carbocycles. The van der Waals surface area contributed by atoms with Gasteiger partial charge < -0.3 is 19.5 Å². The summed E-state index contributed by atoms with van der Waals surface area (Å²) in [5.41, 5.74) is 1.85. The van der Waals surface area contributed by atoms with Gasteiger partial charge in [-0.2, -0.15) is 0 Å². The lowest BCUT2D eigenvalue weighted by Gasteiger charge is -2.08. The predicted octanol–water partition coefficient (Wildman–Crippen LogP) is 2.71. The molecule has 0 aliphatic carbocycles. The van der Waals surface area contributed by atoms with Gasteiger partial charge in [-0.1, -0.05) is 24.3 Å². The van der Waals surface area contributed by atoms with Crippen molar-refractivity contribution in [1.29, 1.82) is 0 Å². The highest BCUT2D eigenvalue weighted by atomic mass is 16.6. The van der Waals surface area contributed by atoms with E-state index in [1.54, 1.807) is 24.3 Å². The van der Waals surface area contributed by atoms with Crippen molar-refractivity contribution < 1.29 is 29.1 Å². The zero-order valence-electron chi connectivity index (χ0n) is 13.6. The lowest BCUT2D eigenvalue weighted by atomic mass is 10.1. The van der Waals surface area contributed by atoms with Crippen LogP contribution in [0.4, 0.5) is 0 Å². The van der Waals surface area contributed by atoms with E-state index in [-0.39, 0.29) is 12.8 Å². The molecule has 0 spiro atoms. The van der Waals surface area contributed by atoms with Gasteiger partial charge in [0.1, 0.15) is 11.5 Å². The molecule has 25 heavy (non-hydrogen) atoms. The first-order chi connectivity index (χ1) is 12.0. The van der Waals surface area contributed by atoms with Gasteiger partial charge >= 0.3 is 19.6 Å². The van der Waals surface area contributed by atoms with E-state index in [4.69, 9.17) is 19.5 Å². The molecule has 2 aromatic rings. The van der Waals surface area contributed by atoms with Gasteiger partial charge in [-0.05, 0) is 48.2 Å². The topological polar surface area (TPSA) is 93.1 Å². The SMILES string of the molecule is O=C(O)CCc1ccc(O[B]Oc2ccc(CCC(=O)O)cc2)cc1. The summed E-state index contributed by atoms with van der Waals surface area (Å²) >= 11 is 0. The summed E-state index contributed by atoms with van der Waals surface area (Å²) in [5, 5.41) is 17.3. The zero-order chi connectivity index (χ0) is 18.1. The summed E-state index contributed by atoms with van der Waals surface area (Å²) in [5.74, 6) is -0.485. The number of carboxylic acid groups (broad SMARTS) is 2. The number of carbonyl (C=O) groups is 2. The van der Waals surface area contributed by atoms with E-state index >= 15 is 0 Å². The molecular weight excluding hydrogens is 323 g/mol. The molecule has 1 radical (unpaired) electrons. The molecule has 0 aliphatic heterocycles. The number of aliphatic carboxylic acids is 2. The van der Waals surface area contributed by atoms with Crippen LogP contribution in [0.2, 0.25) is 0 Å². The molecule has 2 N–H and O–H groups in total. The number of carboxylic acids is 2. The Balaban J connectivity index is 1.74. The Morgan fingerprint density at radius 3 is 1.40 bits per heavy atom. The molecule has 2 aromatic carbocycles. The van der Waals surface area contributed by atoms with Crippen LogP contribution in [0.5, 0.6) is 11.5 Å². The fourth-order valence-corrected chi connectivity index (χ4v) is 2.11. The largest absolute Gasteiger partial charge is 0.658 e. The van der Waals surface area contributed by atoms with Crippen molar-refractivity contribution >= 4 is 19.6 Å². The molecule has 2 rings (SSSR count). The van der Waals surface area contributed by atoms with E-state index in [0.717, 1.165) is 11.1 Å². The summed E-state index contributed by atoms with van der Waals surface area (Å²) in [6.45, 7) is 0. The standard InChI is InChI=1S/C18H18BO6/c20-17(21)11-5-13-1-7-15(8-2-13)24-19-25-16-9-3-14(4-10-16)6-12-18(22)23/h1-4,7-10H,5-6,11-12H2,(H,20,21)(H,22,23). The number of benzene rings is 2. The van der Waals surface area contributed by atoms with Crippen molar-refractivity contribution in [3.05, 3.63) is 59.7 Å². The highest BCUT2D eigenvalue weighted by Gasteiger charge is 2.04. The Labute approximate surface area is 146 Å². The molecule has 0 fully saturated rings. The molecule has 0 unspecified atom stereocenters. The number of rotatable bonds is 10. The average Bonchev–Trinajstić information content (AvgIpc) is 2.60. The summed E-state index contributed by atoms with van der Waals surface area (Å²) < 4.78 is 10.7. The highest BCUT2D eigenvalue weighted by Crippen LogP contribution is 2.15. The molecule has 7 heteroatoms. The van der Waals surface area contributed by atoms with Crippen LogP contribution in [0.15, 0.2) is 48.5 Å². The molecule has 6 nitrogen and oxygen atoms in total. The average molecular weight is 341 g/mol. The maximum atomic E-state index is 10.5. The lowest BCUT2D eigenvalue weighted by molar-refractivity contribution is -0.138. The molecule has 0 heterocycles. The third-order valence-electron chi connectivity index (χ3n) is 3.47. The van der Waals surface area contributed by atoms with Crippen LogP contribution >= 0.6 is 0 Å².